The largest absolute Gasteiger partial charge is 0.331 e. The molecule has 0 aliphatic rings. The van der Waals surface area contributed by atoms with Gasteiger partial charge in [0.1, 0.15) is 11.6 Å². The summed E-state index contributed by atoms with van der Waals surface area (Å²) in [4.78, 5) is 19.8. The SMILES string of the molecule is CCCn1c(CN(CC(C)C)C(=O)c2cccc(I)c2)nc2ccc(F)cc21. The van der Waals surface area contributed by atoms with Gasteiger partial charge >= 0.3 is 0 Å². The monoisotopic (exact) mass is 493 g/mol. The van der Waals surface area contributed by atoms with Gasteiger partial charge in [0.2, 0.25) is 0 Å². The Labute approximate surface area is 178 Å². The van der Waals surface area contributed by atoms with E-state index in [0.717, 1.165) is 33.4 Å². The molecule has 0 aliphatic carbocycles. The van der Waals surface area contributed by atoms with Crippen LogP contribution in [-0.2, 0) is 13.1 Å². The van der Waals surface area contributed by atoms with E-state index in [2.05, 4.69) is 43.4 Å². The molecule has 0 fully saturated rings. The third-order valence-electron chi connectivity index (χ3n) is 4.51. The Balaban J connectivity index is 1.98. The van der Waals surface area contributed by atoms with Gasteiger partial charge in [-0.15, -0.1) is 0 Å². The molecule has 3 aromatic rings. The smallest absolute Gasteiger partial charge is 0.254 e. The Morgan fingerprint density at radius 2 is 2.04 bits per heavy atom. The normalized spacial score (nSPS) is 11.4. The number of halogens is 2. The van der Waals surface area contributed by atoms with E-state index in [-0.39, 0.29) is 11.7 Å². The van der Waals surface area contributed by atoms with Crippen molar-refractivity contribution >= 4 is 39.5 Å². The second kappa shape index (κ2) is 9.03. The lowest BCUT2D eigenvalue weighted by Crippen LogP contribution is -2.34. The minimum atomic E-state index is -0.273. The summed E-state index contributed by atoms with van der Waals surface area (Å²) in [7, 11) is 0. The molecule has 3 rings (SSSR count). The Morgan fingerprint density at radius 3 is 2.71 bits per heavy atom. The summed E-state index contributed by atoms with van der Waals surface area (Å²) < 4.78 is 16.8. The fraction of sp³-hybridized carbons (Fsp3) is 0.364. The fourth-order valence-corrected chi connectivity index (χ4v) is 3.92. The van der Waals surface area contributed by atoms with Crippen molar-refractivity contribution < 1.29 is 9.18 Å². The highest BCUT2D eigenvalue weighted by molar-refractivity contribution is 14.1. The Kier molecular flexibility index (Phi) is 6.69. The quantitative estimate of drug-likeness (QED) is 0.409. The standard InChI is InChI=1S/C22H25FIN3O/c1-4-10-27-20-12-17(23)8-9-19(20)25-21(27)14-26(13-15(2)3)22(28)16-6-5-7-18(24)11-16/h5-9,11-12,15H,4,10,13-14H2,1-3H3. The van der Waals surface area contributed by atoms with Crippen molar-refractivity contribution in [3.05, 3.63) is 63.2 Å². The first-order valence-electron chi connectivity index (χ1n) is 9.58. The van der Waals surface area contributed by atoms with Crippen molar-refractivity contribution in [1.29, 1.82) is 0 Å². The number of aryl methyl sites for hydroxylation is 1. The maximum Gasteiger partial charge on any atom is 0.254 e. The summed E-state index contributed by atoms with van der Waals surface area (Å²) >= 11 is 2.22. The number of hydrogen-bond donors (Lipinski definition) is 0. The van der Waals surface area contributed by atoms with Crippen LogP contribution in [0.3, 0.4) is 0 Å². The molecular formula is C22H25FIN3O. The van der Waals surface area contributed by atoms with Gasteiger partial charge < -0.3 is 9.47 Å². The van der Waals surface area contributed by atoms with Crippen LogP contribution in [0.25, 0.3) is 11.0 Å². The molecule has 0 unspecified atom stereocenters. The van der Waals surface area contributed by atoms with Crippen molar-refractivity contribution in [2.24, 2.45) is 5.92 Å². The van der Waals surface area contributed by atoms with Gasteiger partial charge in [0.15, 0.2) is 0 Å². The minimum absolute atomic E-state index is 0.00602. The molecule has 0 saturated carbocycles. The molecule has 28 heavy (non-hydrogen) atoms. The third-order valence-corrected chi connectivity index (χ3v) is 5.18. The van der Waals surface area contributed by atoms with E-state index in [0.29, 0.717) is 24.6 Å². The molecule has 1 heterocycles. The lowest BCUT2D eigenvalue weighted by Gasteiger charge is -2.25. The van der Waals surface area contributed by atoms with Crippen LogP contribution in [0.1, 0.15) is 43.4 Å². The van der Waals surface area contributed by atoms with Crippen LogP contribution < -0.4 is 0 Å². The molecule has 1 aromatic heterocycles. The van der Waals surface area contributed by atoms with Crippen molar-refractivity contribution in [3.8, 4) is 0 Å². The number of aromatic nitrogens is 2. The molecule has 1 amide bonds. The average Bonchev–Trinajstić information content (AvgIpc) is 2.97. The maximum absolute atomic E-state index is 13.8. The molecule has 0 N–H and O–H groups in total. The maximum atomic E-state index is 13.8. The molecule has 0 atom stereocenters. The number of carbonyl (C=O) groups excluding carboxylic acids is 1. The molecule has 148 valence electrons. The minimum Gasteiger partial charge on any atom is -0.331 e. The highest BCUT2D eigenvalue weighted by atomic mass is 127. The zero-order valence-electron chi connectivity index (χ0n) is 16.5. The number of fused-ring (bicyclic) bond motifs is 1. The summed E-state index contributed by atoms with van der Waals surface area (Å²) in [5.41, 5.74) is 2.22. The van der Waals surface area contributed by atoms with E-state index in [1.807, 2.05) is 33.7 Å². The number of nitrogens with zero attached hydrogens (tertiary/aromatic N) is 3. The summed E-state index contributed by atoms with van der Waals surface area (Å²) in [6.45, 7) is 8.05. The first-order chi connectivity index (χ1) is 13.4. The average molecular weight is 493 g/mol. The van der Waals surface area contributed by atoms with E-state index in [1.54, 1.807) is 6.07 Å². The number of amides is 1. The van der Waals surface area contributed by atoms with Gasteiger partial charge in [-0.3, -0.25) is 4.79 Å². The summed E-state index contributed by atoms with van der Waals surface area (Å²) in [5, 5.41) is 0. The number of imidazole rings is 1. The lowest BCUT2D eigenvalue weighted by atomic mass is 10.1. The van der Waals surface area contributed by atoms with Crippen LogP contribution in [-0.4, -0.2) is 26.9 Å². The summed E-state index contributed by atoms with van der Waals surface area (Å²) in [6, 6.07) is 12.3. The second-order valence-corrected chi connectivity index (χ2v) is 8.65. The van der Waals surface area contributed by atoms with Gasteiger partial charge in [-0.2, -0.15) is 0 Å². The van der Waals surface area contributed by atoms with Crippen LogP contribution >= 0.6 is 22.6 Å². The molecule has 2 aromatic carbocycles. The summed E-state index contributed by atoms with van der Waals surface area (Å²) in [6.07, 6.45) is 0.907. The van der Waals surface area contributed by atoms with E-state index in [9.17, 15) is 9.18 Å². The van der Waals surface area contributed by atoms with E-state index in [4.69, 9.17) is 4.98 Å². The van der Waals surface area contributed by atoms with Crippen LogP contribution in [0, 0.1) is 15.3 Å². The van der Waals surface area contributed by atoms with Crippen LogP contribution in [0.5, 0.6) is 0 Å². The Bertz CT molecular complexity index is 983. The first kappa shape index (κ1) is 20.8. The van der Waals surface area contributed by atoms with Crippen molar-refractivity contribution in [3.63, 3.8) is 0 Å². The second-order valence-electron chi connectivity index (χ2n) is 7.40. The third kappa shape index (κ3) is 4.71. The molecule has 6 heteroatoms. The molecule has 0 aliphatic heterocycles. The van der Waals surface area contributed by atoms with Crippen molar-refractivity contribution in [2.45, 2.75) is 40.3 Å². The van der Waals surface area contributed by atoms with Gasteiger partial charge in [-0.05, 0) is 71.3 Å². The highest BCUT2D eigenvalue weighted by Crippen LogP contribution is 2.21. The number of benzene rings is 2. The summed E-state index contributed by atoms with van der Waals surface area (Å²) in [5.74, 6) is 0.842. The molecular weight excluding hydrogens is 468 g/mol. The first-order valence-corrected chi connectivity index (χ1v) is 10.7. The van der Waals surface area contributed by atoms with E-state index < -0.39 is 0 Å². The van der Waals surface area contributed by atoms with E-state index >= 15 is 0 Å². The van der Waals surface area contributed by atoms with Gasteiger partial charge in [-0.25, -0.2) is 9.37 Å². The molecule has 4 nitrogen and oxygen atoms in total. The lowest BCUT2D eigenvalue weighted by molar-refractivity contribution is 0.0716. The molecule has 0 bridgehead atoms. The van der Waals surface area contributed by atoms with Gasteiger partial charge in [-0.1, -0.05) is 26.8 Å². The van der Waals surface area contributed by atoms with Gasteiger partial charge in [0.05, 0.1) is 17.6 Å². The van der Waals surface area contributed by atoms with Crippen LogP contribution in [0.4, 0.5) is 4.39 Å². The van der Waals surface area contributed by atoms with Gasteiger partial charge in [0.25, 0.3) is 5.91 Å². The predicted octanol–water partition coefficient (Wildman–Crippen LogP) is 5.49. The topological polar surface area (TPSA) is 38.1 Å². The van der Waals surface area contributed by atoms with Crippen molar-refractivity contribution in [1.82, 2.24) is 14.5 Å². The molecule has 0 spiro atoms. The zero-order chi connectivity index (χ0) is 20.3. The highest BCUT2D eigenvalue weighted by Gasteiger charge is 2.21. The number of carbonyl (C=O) groups is 1. The van der Waals surface area contributed by atoms with Crippen molar-refractivity contribution in [2.75, 3.05) is 6.54 Å². The molecule has 0 radical (unpaired) electrons. The molecule has 0 saturated heterocycles. The predicted molar refractivity (Wildman–Crippen MR) is 119 cm³/mol. The Hall–Kier alpha value is -1.96. The Morgan fingerprint density at radius 1 is 1.25 bits per heavy atom. The zero-order valence-corrected chi connectivity index (χ0v) is 18.6. The number of rotatable bonds is 7. The number of hydrogen-bond acceptors (Lipinski definition) is 2. The van der Waals surface area contributed by atoms with Gasteiger partial charge in [0, 0.05) is 22.2 Å². The van der Waals surface area contributed by atoms with E-state index in [1.165, 1.54) is 12.1 Å². The fourth-order valence-electron chi connectivity index (χ4n) is 3.37. The van der Waals surface area contributed by atoms with Crippen LogP contribution in [0.2, 0.25) is 0 Å². The van der Waals surface area contributed by atoms with Crippen LogP contribution in [0.15, 0.2) is 42.5 Å².